The van der Waals surface area contributed by atoms with Crippen LogP contribution >= 0.6 is 0 Å². The van der Waals surface area contributed by atoms with Gasteiger partial charge < -0.3 is 15.3 Å². The quantitative estimate of drug-likeness (QED) is 0.838. The van der Waals surface area contributed by atoms with E-state index in [1.54, 1.807) is 0 Å². The summed E-state index contributed by atoms with van der Waals surface area (Å²) in [7, 11) is 0. The molecule has 0 bridgehead atoms. The first-order valence-corrected chi connectivity index (χ1v) is 7.89. The summed E-state index contributed by atoms with van der Waals surface area (Å²) >= 11 is 0. The Kier molecular flexibility index (Phi) is 6.02. The normalized spacial score (nSPS) is 21.9. The lowest BCUT2D eigenvalue weighted by Crippen LogP contribution is -2.39. The van der Waals surface area contributed by atoms with E-state index in [0.29, 0.717) is 6.04 Å². The van der Waals surface area contributed by atoms with Crippen LogP contribution in [0, 0.1) is 6.92 Å². The Morgan fingerprint density at radius 3 is 2.75 bits per heavy atom. The number of nitrogens with one attached hydrogen (secondary N) is 1. The first kappa shape index (κ1) is 15.5. The molecule has 112 valence electrons. The van der Waals surface area contributed by atoms with Crippen molar-refractivity contribution in [3.05, 3.63) is 35.4 Å². The molecule has 1 aromatic rings. The summed E-state index contributed by atoms with van der Waals surface area (Å²) in [5.74, 6) is 0. The fourth-order valence-corrected chi connectivity index (χ4v) is 2.98. The molecule has 0 spiro atoms. The molecule has 0 radical (unpaired) electrons. The summed E-state index contributed by atoms with van der Waals surface area (Å²) in [5.41, 5.74) is 2.68. The monoisotopic (exact) mass is 276 g/mol. The van der Waals surface area contributed by atoms with E-state index in [4.69, 9.17) is 0 Å². The maximum absolute atomic E-state index is 9.74. The molecule has 1 aromatic carbocycles. The number of rotatable bonds is 6. The molecule has 1 aliphatic rings. The zero-order chi connectivity index (χ0) is 14.4. The molecule has 2 N–H and O–H groups in total. The zero-order valence-corrected chi connectivity index (χ0v) is 12.8. The van der Waals surface area contributed by atoms with Crippen molar-refractivity contribution in [3.63, 3.8) is 0 Å². The SMILES string of the molecule is CCNC(CCN1CCCC(O)C1)c1ccc(C)cc1. The maximum Gasteiger partial charge on any atom is 0.0667 e. The third-order valence-electron chi connectivity index (χ3n) is 4.14. The highest BCUT2D eigenvalue weighted by Gasteiger charge is 2.19. The van der Waals surface area contributed by atoms with E-state index < -0.39 is 0 Å². The van der Waals surface area contributed by atoms with Gasteiger partial charge in [-0.1, -0.05) is 36.8 Å². The highest BCUT2D eigenvalue weighted by molar-refractivity contribution is 5.24. The summed E-state index contributed by atoms with van der Waals surface area (Å²) in [6.45, 7) is 8.30. The average molecular weight is 276 g/mol. The van der Waals surface area contributed by atoms with Crippen LogP contribution in [0.15, 0.2) is 24.3 Å². The minimum absolute atomic E-state index is 0.124. The number of benzene rings is 1. The summed E-state index contributed by atoms with van der Waals surface area (Å²) in [4.78, 5) is 2.40. The topological polar surface area (TPSA) is 35.5 Å². The predicted molar refractivity (Wildman–Crippen MR) is 83.9 cm³/mol. The van der Waals surface area contributed by atoms with Crippen molar-refractivity contribution in [1.82, 2.24) is 10.2 Å². The number of piperidine rings is 1. The fraction of sp³-hybridized carbons (Fsp3) is 0.647. The van der Waals surface area contributed by atoms with Crippen LogP contribution in [-0.4, -0.2) is 42.3 Å². The van der Waals surface area contributed by atoms with Crippen molar-refractivity contribution in [3.8, 4) is 0 Å². The molecule has 1 fully saturated rings. The van der Waals surface area contributed by atoms with E-state index in [9.17, 15) is 5.11 Å². The summed E-state index contributed by atoms with van der Waals surface area (Å²) in [6.07, 6.45) is 3.06. The van der Waals surface area contributed by atoms with Crippen molar-refractivity contribution in [2.45, 2.75) is 45.3 Å². The first-order chi connectivity index (χ1) is 9.69. The van der Waals surface area contributed by atoms with Gasteiger partial charge in [0.25, 0.3) is 0 Å². The van der Waals surface area contributed by atoms with Gasteiger partial charge in [0.15, 0.2) is 0 Å². The molecule has 1 heterocycles. The Hall–Kier alpha value is -0.900. The van der Waals surface area contributed by atoms with E-state index >= 15 is 0 Å². The van der Waals surface area contributed by atoms with Crippen LogP contribution in [0.2, 0.25) is 0 Å². The highest BCUT2D eigenvalue weighted by Crippen LogP contribution is 2.19. The van der Waals surface area contributed by atoms with Gasteiger partial charge in [-0.15, -0.1) is 0 Å². The Morgan fingerprint density at radius 1 is 1.35 bits per heavy atom. The van der Waals surface area contributed by atoms with Crippen molar-refractivity contribution < 1.29 is 5.11 Å². The van der Waals surface area contributed by atoms with Crippen LogP contribution in [0.1, 0.15) is 43.4 Å². The number of nitrogens with zero attached hydrogens (tertiary/aromatic N) is 1. The predicted octanol–water partition coefficient (Wildman–Crippen LogP) is 2.49. The second-order valence-electron chi connectivity index (χ2n) is 5.91. The van der Waals surface area contributed by atoms with E-state index in [-0.39, 0.29) is 6.10 Å². The van der Waals surface area contributed by atoms with Crippen LogP contribution in [0.5, 0.6) is 0 Å². The first-order valence-electron chi connectivity index (χ1n) is 7.89. The number of hydrogen-bond acceptors (Lipinski definition) is 3. The zero-order valence-electron chi connectivity index (χ0n) is 12.8. The average Bonchev–Trinajstić information content (AvgIpc) is 2.44. The summed E-state index contributed by atoms with van der Waals surface area (Å²) in [5, 5.41) is 13.3. The summed E-state index contributed by atoms with van der Waals surface area (Å²) < 4.78 is 0. The molecular formula is C17H28N2O. The van der Waals surface area contributed by atoms with Crippen LogP contribution in [0.3, 0.4) is 0 Å². The van der Waals surface area contributed by atoms with Gasteiger partial charge in [0, 0.05) is 19.1 Å². The Bertz CT molecular complexity index is 390. The second-order valence-corrected chi connectivity index (χ2v) is 5.91. The van der Waals surface area contributed by atoms with Gasteiger partial charge in [-0.3, -0.25) is 0 Å². The molecule has 1 saturated heterocycles. The Balaban J connectivity index is 1.90. The largest absolute Gasteiger partial charge is 0.392 e. The number of aliphatic hydroxyl groups excluding tert-OH is 1. The Labute approximate surface area is 123 Å². The van der Waals surface area contributed by atoms with Crippen molar-refractivity contribution in [2.24, 2.45) is 0 Å². The van der Waals surface area contributed by atoms with Gasteiger partial charge in [0.2, 0.25) is 0 Å². The fourth-order valence-electron chi connectivity index (χ4n) is 2.98. The number of β-amino-alcohol motifs (C(OH)–C–C–N with tert-alkyl or cyclic N) is 1. The molecule has 3 nitrogen and oxygen atoms in total. The molecule has 0 aliphatic carbocycles. The van der Waals surface area contributed by atoms with Crippen molar-refractivity contribution in [1.29, 1.82) is 0 Å². The number of aliphatic hydroxyl groups is 1. The van der Waals surface area contributed by atoms with E-state index in [1.807, 2.05) is 0 Å². The van der Waals surface area contributed by atoms with Gasteiger partial charge in [-0.05, 0) is 44.8 Å². The third kappa shape index (κ3) is 4.58. The lowest BCUT2D eigenvalue weighted by Gasteiger charge is -2.31. The molecule has 0 amide bonds. The molecule has 1 aliphatic heterocycles. The van der Waals surface area contributed by atoms with Gasteiger partial charge in [-0.2, -0.15) is 0 Å². The van der Waals surface area contributed by atoms with E-state index in [1.165, 1.54) is 11.1 Å². The minimum Gasteiger partial charge on any atom is -0.392 e. The van der Waals surface area contributed by atoms with Crippen LogP contribution in [0.25, 0.3) is 0 Å². The van der Waals surface area contributed by atoms with Crippen molar-refractivity contribution >= 4 is 0 Å². The highest BCUT2D eigenvalue weighted by atomic mass is 16.3. The summed E-state index contributed by atoms with van der Waals surface area (Å²) in [6, 6.07) is 9.25. The number of aryl methyl sites for hydroxylation is 1. The van der Waals surface area contributed by atoms with Gasteiger partial charge >= 0.3 is 0 Å². The number of likely N-dealkylation sites (tertiary alicyclic amines) is 1. The molecule has 20 heavy (non-hydrogen) atoms. The second kappa shape index (κ2) is 7.77. The molecule has 0 saturated carbocycles. The molecule has 2 rings (SSSR count). The van der Waals surface area contributed by atoms with Gasteiger partial charge in [0.1, 0.15) is 0 Å². The smallest absolute Gasteiger partial charge is 0.0667 e. The van der Waals surface area contributed by atoms with Crippen molar-refractivity contribution in [2.75, 3.05) is 26.2 Å². The molecule has 3 heteroatoms. The third-order valence-corrected chi connectivity index (χ3v) is 4.14. The Morgan fingerprint density at radius 2 is 2.10 bits per heavy atom. The van der Waals surface area contributed by atoms with Gasteiger partial charge in [-0.25, -0.2) is 0 Å². The van der Waals surface area contributed by atoms with Crippen LogP contribution in [0.4, 0.5) is 0 Å². The van der Waals surface area contributed by atoms with Crippen LogP contribution in [-0.2, 0) is 0 Å². The molecule has 2 atom stereocenters. The lowest BCUT2D eigenvalue weighted by molar-refractivity contribution is 0.0685. The van der Waals surface area contributed by atoms with Gasteiger partial charge in [0.05, 0.1) is 6.10 Å². The lowest BCUT2D eigenvalue weighted by atomic mass is 10.0. The molecule has 2 unspecified atom stereocenters. The van der Waals surface area contributed by atoms with Crippen LogP contribution < -0.4 is 5.32 Å². The molecular weight excluding hydrogens is 248 g/mol. The van der Waals surface area contributed by atoms with E-state index in [2.05, 4.69) is 48.3 Å². The number of hydrogen-bond donors (Lipinski definition) is 2. The molecule has 0 aromatic heterocycles. The maximum atomic E-state index is 9.74. The standard InChI is InChI=1S/C17H28N2O/c1-3-18-17(15-8-6-14(2)7-9-15)10-12-19-11-4-5-16(20)13-19/h6-9,16-18,20H,3-5,10-13H2,1-2H3. The van der Waals surface area contributed by atoms with E-state index in [0.717, 1.165) is 45.4 Å². The minimum atomic E-state index is -0.124.